The number of nitrogens with zero attached hydrogens (tertiary/aromatic N) is 8. The van der Waals surface area contributed by atoms with Crippen LogP contribution < -0.4 is 19.9 Å². The molecule has 1 unspecified atom stereocenters. The predicted octanol–water partition coefficient (Wildman–Crippen LogP) is 4.60. The number of ether oxygens (including phenoxy) is 1. The van der Waals surface area contributed by atoms with E-state index in [0.717, 1.165) is 138 Å². The Labute approximate surface area is 343 Å². The van der Waals surface area contributed by atoms with Gasteiger partial charge in [-0.25, -0.2) is 14.4 Å². The zero-order chi connectivity index (χ0) is 40.3. The summed E-state index contributed by atoms with van der Waals surface area (Å²) in [6, 6.07) is 10.4. The van der Waals surface area contributed by atoms with Gasteiger partial charge in [-0.1, -0.05) is 0 Å². The first-order valence-corrected chi connectivity index (χ1v) is 21.6. The number of H-pyrrole nitrogens is 1. The molecule has 1 aliphatic carbocycles. The van der Waals surface area contributed by atoms with Crippen molar-refractivity contribution in [2.45, 2.75) is 76.5 Å². The van der Waals surface area contributed by atoms with Crippen molar-refractivity contribution in [1.82, 2.24) is 40.2 Å². The molecule has 15 heteroatoms. The number of aromatic amines is 1. The van der Waals surface area contributed by atoms with E-state index < -0.39 is 11.9 Å². The van der Waals surface area contributed by atoms with Crippen LogP contribution in [0.15, 0.2) is 42.7 Å². The molecule has 6 aliphatic rings. The average Bonchev–Trinajstić information content (AvgIpc) is 3.66. The minimum atomic E-state index is -0.714. The van der Waals surface area contributed by atoms with Gasteiger partial charge in [0.15, 0.2) is 0 Å². The largest absolute Gasteiger partial charge is 0.488 e. The van der Waals surface area contributed by atoms with E-state index in [0.29, 0.717) is 28.7 Å². The second-order valence-electron chi connectivity index (χ2n) is 17.9. The molecule has 5 fully saturated rings. The molecule has 59 heavy (non-hydrogen) atoms. The smallest absolute Gasteiger partial charge is 0.255 e. The molecular formula is C44H53FN10O4. The van der Waals surface area contributed by atoms with Crippen LogP contribution in [0.2, 0.25) is 0 Å². The van der Waals surface area contributed by atoms with Crippen LogP contribution in [-0.2, 0) is 16.1 Å². The quantitative estimate of drug-likeness (QED) is 0.217. The zero-order valence-corrected chi connectivity index (χ0v) is 33.8. The number of nitrogens with one attached hydrogen (secondary N) is 2. The lowest BCUT2D eigenvalue weighted by molar-refractivity contribution is -0.136. The van der Waals surface area contributed by atoms with Crippen LogP contribution >= 0.6 is 0 Å². The summed E-state index contributed by atoms with van der Waals surface area (Å²) in [7, 11) is 0. The number of carbonyl (C=O) groups excluding carboxylic acids is 3. The van der Waals surface area contributed by atoms with Crippen LogP contribution in [0.5, 0.6) is 5.75 Å². The molecule has 310 valence electrons. The minimum Gasteiger partial charge on any atom is -0.488 e. The number of imide groups is 1. The van der Waals surface area contributed by atoms with Crippen LogP contribution in [-0.4, -0.2) is 130 Å². The minimum absolute atomic E-state index is 0.0453. The third-order valence-electron chi connectivity index (χ3n) is 13.8. The molecule has 2 aromatic heterocycles. The third kappa shape index (κ3) is 7.74. The fourth-order valence-electron chi connectivity index (χ4n) is 9.97. The fraction of sp³-hybridized carbons (Fsp3) is 0.545. The maximum absolute atomic E-state index is 15.5. The first kappa shape index (κ1) is 38.1. The molecule has 1 atom stereocenters. The number of benzene rings is 2. The number of piperazine rings is 1. The van der Waals surface area contributed by atoms with Crippen molar-refractivity contribution in [3.63, 3.8) is 0 Å². The molecule has 0 spiro atoms. The van der Waals surface area contributed by atoms with Gasteiger partial charge in [0.25, 0.3) is 5.91 Å². The molecule has 14 nitrogen and oxygen atoms in total. The molecular weight excluding hydrogens is 752 g/mol. The van der Waals surface area contributed by atoms with Gasteiger partial charge in [-0.05, 0) is 94.0 Å². The molecule has 0 radical (unpaired) electrons. The van der Waals surface area contributed by atoms with Gasteiger partial charge in [0.2, 0.25) is 11.8 Å². The second-order valence-corrected chi connectivity index (χ2v) is 17.9. The number of amides is 3. The first-order chi connectivity index (χ1) is 28.7. The Morgan fingerprint density at radius 3 is 2.20 bits per heavy atom. The summed E-state index contributed by atoms with van der Waals surface area (Å²) in [5.41, 5.74) is 4.16. The van der Waals surface area contributed by atoms with Crippen LogP contribution in [0.25, 0.3) is 22.3 Å². The summed E-state index contributed by atoms with van der Waals surface area (Å²) < 4.78 is 21.7. The summed E-state index contributed by atoms with van der Waals surface area (Å²) >= 11 is 0. The lowest BCUT2D eigenvalue weighted by Gasteiger charge is -2.41. The molecule has 3 amide bonds. The van der Waals surface area contributed by atoms with Crippen molar-refractivity contribution < 1.29 is 23.5 Å². The van der Waals surface area contributed by atoms with Crippen LogP contribution in [0.4, 0.5) is 15.9 Å². The van der Waals surface area contributed by atoms with E-state index in [-0.39, 0.29) is 42.6 Å². The molecule has 7 heterocycles. The van der Waals surface area contributed by atoms with E-state index in [9.17, 15) is 14.4 Å². The van der Waals surface area contributed by atoms with E-state index >= 15 is 4.39 Å². The highest BCUT2D eigenvalue weighted by Crippen LogP contribution is 2.41. The third-order valence-corrected chi connectivity index (χ3v) is 13.8. The lowest BCUT2D eigenvalue weighted by atomic mass is 9.94. The first-order valence-electron chi connectivity index (χ1n) is 21.6. The monoisotopic (exact) mass is 804 g/mol. The Morgan fingerprint density at radius 2 is 1.53 bits per heavy atom. The molecule has 2 aromatic carbocycles. The van der Waals surface area contributed by atoms with Crippen molar-refractivity contribution in [2.24, 2.45) is 11.8 Å². The number of piperidine rings is 3. The van der Waals surface area contributed by atoms with Gasteiger partial charge in [0, 0.05) is 101 Å². The maximum Gasteiger partial charge on any atom is 0.255 e. The molecule has 0 bridgehead atoms. The van der Waals surface area contributed by atoms with Gasteiger partial charge in [0.05, 0.1) is 16.9 Å². The number of aromatic nitrogens is 4. The van der Waals surface area contributed by atoms with E-state index in [2.05, 4.69) is 64.1 Å². The van der Waals surface area contributed by atoms with Crippen LogP contribution in [0, 0.1) is 17.7 Å². The summed E-state index contributed by atoms with van der Waals surface area (Å²) in [5.74, 6) is 1.65. The Balaban J connectivity index is 0.678. The average molecular weight is 805 g/mol. The van der Waals surface area contributed by atoms with Gasteiger partial charge in [-0.2, -0.15) is 5.10 Å². The van der Waals surface area contributed by atoms with E-state index in [1.54, 1.807) is 12.4 Å². The number of hydrogen-bond donors (Lipinski definition) is 2. The second kappa shape index (κ2) is 15.5. The normalized spacial score (nSPS) is 23.3. The number of anilines is 2. The van der Waals surface area contributed by atoms with Crippen molar-refractivity contribution in [1.29, 1.82) is 0 Å². The topological polar surface area (TPSA) is 143 Å². The molecule has 1 saturated carbocycles. The van der Waals surface area contributed by atoms with Crippen molar-refractivity contribution in [3.05, 3.63) is 59.7 Å². The Hall–Kier alpha value is -5.15. The standard InChI is InChI=1S/C44H53FN10O4/c1-44(12-13-44)59-30-2-5-35-32(22-30)40(50-49-35)36-23-38(47-27-46-36)53-14-8-28(9-15-53)24-51-18-20-52(21-19-51)25-29-10-16-54(17-11-29)41-33-26-55(37-6-7-39(56)48-42(37)57)43(58)31(33)3-4-34(41)45/h2-5,22-23,27-29,37H,6-21,24-26H2,1H3,(H,49,50)(H,48,56,57). The molecule has 2 N–H and O–H groups in total. The number of fused-ring (bicyclic) bond motifs is 2. The number of rotatable bonds is 10. The van der Waals surface area contributed by atoms with Gasteiger partial charge in [-0.15, -0.1) is 0 Å². The highest BCUT2D eigenvalue weighted by atomic mass is 19.1. The maximum atomic E-state index is 15.5. The summed E-state index contributed by atoms with van der Waals surface area (Å²) in [6.07, 6.45) is 8.51. The summed E-state index contributed by atoms with van der Waals surface area (Å²) in [5, 5.41) is 11.1. The van der Waals surface area contributed by atoms with Crippen LogP contribution in [0.1, 0.15) is 74.2 Å². The molecule has 4 saturated heterocycles. The fourth-order valence-corrected chi connectivity index (χ4v) is 9.97. The van der Waals surface area contributed by atoms with E-state index in [1.807, 2.05) is 12.1 Å². The summed E-state index contributed by atoms with van der Waals surface area (Å²) in [4.78, 5) is 58.1. The highest BCUT2D eigenvalue weighted by molar-refractivity contribution is 6.06. The van der Waals surface area contributed by atoms with E-state index in [1.165, 1.54) is 11.0 Å². The Bertz CT molecular complexity index is 2250. The van der Waals surface area contributed by atoms with E-state index in [4.69, 9.17) is 4.74 Å². The zero-order valence-electron chi connectivity index (χ0n) is 33.8. The van der Waals surface area contributed by atoms with Gasteiger partial charge < -0.3 is 29.2 Å². The van der Waals surface area contributed by atoms with Crippen molar-refractivity contribution in [2.75, 3.05) is 75.2 Å². The van der Waals surface area contributed by atoms with Crippen molar-refractivity contribution >= 4 is 40.1 Å². The van der Waals surface area contributed by atoms with Gasteiger partial charge in [0.1, 0.15) is 41.0 Å². The number of halogens is 1. The molecule has 10 rings (SSSR count). The SMILES string of the molecule is CC1(Oc2ccc3[nH]nc(-c4cc(N5CCC(CN6CCN(CC7CCN(c8c(F)ccc9c8CN(C8CCC(=O)NC8=O)C9=O)CC7)CC6)CC5)ncn4)c3c2)CC1. The Kier molecular flexibility index (Phi) is 9.98. The van der Waals surface area contributed by atoms with Crippen LogP contribution in [0.3, 0.4) is 0 Å². The lowest BCUT2D eigenvalue weighted by Crippen LogP contribution is -2.52. The molecule has 4 aromatic rings. The number of carbonyl (C=O) groups is 3. The predicted molar refractivity (Wildman–Crippen MR) is 221 cm³/mol. The molecule has 5 aliphatic heterocycles. The van der Waals surface area contributed by atoms with Gasteiger partial charge >= 0.3 is 0 Å². The Morgan fingerprint density at radius 1 is 0.831 bits per heavy atom. The van der Waals surface area contributed by atoms with Gasteiger partial charge in [-0.3, -0.25) is 24.8 Å². The highest BCUT2D eigenvalue weighted by Gasteiger charge is 2.42. The van der Waals surface area contributed by atoms with Crippen molar-refractivity contribution in [3.8, 4) is 17.1 Å². The number of hydrogen-bond acceptors (Lipinski definition) is 11. The summed E-state index contributed by atoms with van der Waals surface area (Å²) in [6.45, 7) is 12.2.